The van der Waals surface area contributed by atoms with E-state index in [4.69, 9.17) is 0 Å². The molecule has 2 aromatic rings. The molecule has 0 aliphatic carbocycles. The summed E-state index contributed by atoms with van der Waals surface area (Å²) in [6.07, 6.45) is 0. The van der Waals surface area contributed by atoms with Gasteiger partial charge in [-0.2, -0.15) is 0 Å². The second kappa shape index (κ2) is 7.01. The zero-order valence-electron chi connectivity index (χ0n) is 12.7. The van der Waals surface area contributed by atoms with E-state index in [0.29, 0.717) is 0 Å². The summed E-state index contributed by atoms with van der Waals surface area (Å²) in [4.78, 5) is 39.7. The first-order valence-electron chi connectivity index (χ1n) is 6.50. The Bertz CT molecular complexity index is 769. The first-order chi connectivity index (χ1) is 11.0. The highest BCUT2D eigenvalue weighted by atomic mass is 32.1. The van der Waals surface area contributed by atoms with E-state index in [1.807, 2.05) is 0 Å². The quantitative estimate of drug-likeness (QED) is 0.862. The Labute approximate surface area is 136 Å². The molecule has 0 aliphatic heterocycles. The van der Waals surface area contributed by atoms with Crippen LogP contribution < -0.4 is 5.32 Å². The van der Waals surface area contributed by atoms with Gasteiger partial charge >= 0.3 is 11.9 Å². The summed E-state index contributed by atoms with van der Waals surface area (Å²) in [5.74, 6) is -1.69. The molecular weight excluding hydrogens is 320 g/mol. The van der Waals surface area contributed by atoms with E-state index in [1.165, 1.54) is 43.8 Å². The zero-order valence-corrected chi connectivity index (χ0v) is 13.5. The van der Waals surface area contributed by atoms with Gasteiger partial charge in [-0.25, -0.2) is 14.6 Å². The van der Waals surface area contributed by atoms with Crippen molar-refractivity contribution in [3.8, 4) is 0 Å². The van der Waals surface area contributed by atoms with Gasteiger partial charge in [0.2, 0.25) is 0 Å². The van der Waals surface area contributed by atoms with E-state index in [1.54, 1.807) is 12.3 Å². The van der Waals surface area contributed by atoms with Crippen LogP contribution >= 0.6 is 11.3 Å². The lowest BCUT2D eigenvalue weighted by Gasteiger charge is -2.10. The molecule has 1 N–H and O–H groups in total. The van der Waals surface area contributed by atoms with Gasteiger partial charge in [0.1, 0.15) is 0 Å². The standard InChI is InChI=1S/C15H14N2O5S/c1-8-7-23-13(16-8)12(18)17-11-6-9(14(19)21-2)4-5-10(11)15(20)22-3/h4-7H,1-3H3,(H,17,18). The third-order valence-corrected chi connectivity index (χ3v) is 3.87. The van der Waals surface area contributed by atoms with E-state index in [2.05, 4.69) is 19.8 Å². The van der Waals surface area contributed by atoms with E-state index in [-0.39, 0.29) is 21.8 Å². The molecule has 1 aromatic carbocycles. The molecule has 23 heavy (non-hydrogen) atoms. The Hall–Kier alpha value is -2.74. The molecule has 0 unspecified atom stereocenters. The molecule has 1 amide bonds. The highest BCUT2D eigenvalue weighted by Gasteiger charge is 2.19. The van der Waals surface area contributed by atoms with Crippen LogP contribution in [0.15, 0.2) is 23.6 Å². The van der Waals surface area contributed by atoms with Crippen LogP contribution in [0.1, 0.15) is 36.2 Å². The van der Waals surface area contributed by atoms with Crippen molar-refractivity contribution in [1.82, 2.24) is 4.98 Å². The lowest BCUT2D eigenvalue weighted by Crippen LogP contribution is -2.16. The Morgan fingerprint density at radius 2 is 1.83 bits per heavy atom. The summed E-state index contributed by atoms with van der Waals surface area (Å²) in [5.41, 5.74) is 1.20. The molecule has 120 valence electrons. The topological polar surface area (TPSA) is 94.6 Å². The number of carbonyl (C=O) groups is 3. The molecule has 0 spiro atoms. The predicted molar refractivity (Wildman–Crippen MR) is 83.9 cm³/mol. The van der Waals surface area contributed by atoms with Gasteiger partial charge in [-0.15, -0.1) is 11.3 Å². The number of hydrogen-bond donors (Lipinski definition) is 1. The maximum Gasteiger partial charge on any atom is 0.339 e. The van der Waals surface area contributed by atoms with Crippen molar-refractivity contribution in [3.05, 3.63) is 45.4 Å². The highest BCUT2D eigenvalue weighted by molar-refractivity contribution is 7.11. The fourth-order valence-corrected chi connectivity index (χ4v) is 2.50. The normalized spacial score (nSPS) is 10.0. The number of benzene rings is 1. The number of rotatable bonds is 4. The van der Waals surface area contributed by atoms with Gasteiger partial charge in [0.15, 0.2) is 5.01 Å². The van der Waals surface area contributed by atoms with Crippen LogP contribution in [0.4, 0.5) is 5.69 Å². The number of thiazole rings is 1. The molecule has 0 aliphatic rings. The van der Waals surface area contributed by atoms with Crippen molar-refractivity contribution < 1.29 is 23.9 Å². The third-order valence-electron chi connectivity index (χ3n) is 2.91. The lowest BCUT2D eigenvalue weighted by molar-refractivity contribution is 0.0587. The van der Waals surface area contributed by atoms with Gasteiger partial charge < -0.3 is 14.8 Å². The van der Waals surface area contributed by atoms with Crippen LogP contribution in [0, 0.1) is 6.92 Å². The second-order valence-corrected chi connectivity index (χ2v) is 5.35. The smallest absolute Gasteiger partial charge is 0.339 e. The Morgan fingerprint density at radius 1 is 1.13 bits per heavy atom. The predicted octanol–water partition coefficient (Wildman–Crippen LogP) is 2.28. The molecule has 2 rings (SSSR count). The van der Waals surface area contributed by atoms with Gasteiger partial charge in [0, 0.05) is 11.1 Å². The van der Waals surface area contributed by atoms with Crippen molar-refractivity contribution in [2.75, 3.05) is 19.5 Å². The maximum atomic E-state index is 12.2. The number of esters is 2. The monoisotopic (exact) mass is 334 g/mol. The molecular formula is C15H14N2O5S. The zero-order chi connectivity index (χ0) is 17.0. The van der Waals surface area contributed by atoms with E-state index in [9.17, 15) is 14.4 Å². The van der Waals surface area contributed by atoms with Gasteiger partial charge in [0.25, 0.3) is 5.91 Å². The molecule has 0 radical (unpaired) electrons. The number of aromatic nitrogens is 1. The van der Waals surface area contributed by atoms with Crippen LogP contribution in [0.5, 0.6) is 0 Å². The largest absolute Gasteiger partial charge is 0.465 e. The Morgan fingerprint density at radius 3 is 2.39 bits per heavy atom. The summed E-state index contributed by atoms with van der Waals surface area (Å²) in [6, 6.07) is 4.17. The highest BCUT2D eigenvalue weighted by Crippen LogP contribution is 2.21. The number of methoxy groups -OCH3 is 2. The minimum atomic E-state index is -0.632. The molecule has 8 heteroatoms. The van der Waals surface area contributed by atoms with Crippen LogP contribution in [-0.4, -0.2) is 37.0 Å². The Balaban J connectivity index is 2.38. The number of nitrogens with one attached hydrogen (secondary N) is 1. The average Bonchev–Trinajstić information content (AvgIpc) is 3.00. The van der Waals surface area contributed by atoms with Crippen LogP contribution in [0.3, 0.4) is 0 Å². The number of hydrogen-bond acceptors (Lipinski definition) is 7. The van der Waals surface area contributed by atoms with Gasteiger partial charge in [-0.05, 0) is 25.1 Å². The summed E-state index contributed by atoms with van der Waals surface area (Å²) in [7, 11) is 2.47. The molecule has 0 atom stereocenters. The maximum absolute atomic E-state index is 12.2. The first-order valence-corrected chi connectivity index (χ1v) is 7.38. The summed E-state index contributed by atoms with van der Waals surface area (Å²) < 4.78 is 9.31. The van der Waals surface area contributed by atoms with Crippen LogP contribution in [0.25, 0.3) is 0 Å². The van der Waals surface area contributed by atoms with Crippen LogP contribution in [-0.2, 0) is 9.47 Å². The van der Waals surface area contributed by atoms with Crippen molar-refractivity contribution in [1.29, 1.82) is 0 Å². The summed E-state index contributed by atoms with van der Waals surface area (Å²) in [5, 5.41) is 4.56. The van der Waals surface area contributed by atoms with Crippen LogP contribution in [0.2, 0.25) is 0 Å². The number of nitrogens with zero attached hydrogens (tertiary/aromatic N) is 1. The fourth-order valence-electron chi connectivity index (χ4n) is 1.81. The number of aryl methyl sites for hydroxylation is 1. The minimum absolute atomic E-state index is 0.127. The molecule has 0 saturated heterocycles. The SMILES string of the molecule is COC(=O)c1ccc(C(=O)OC)c(NC(=O)c2nc(C)cs2)c1. The van der Waals surface area contributed by atoms with Crippen molar-refractivity contribution in [2.24, 2.45) is 0 Å². The average molecular weight is 334 g/mol. The molecule has 0 bridgehead atoms. The molecule has 0 fully saturated rings. The number of amides is 1. The molecule has 1 heterocycles. The molecule has 7 nitrogen and oxygen atoms in total. The van der Waals surface area contributed by atoms with Gasteiger partial charge in [0.05, 0.1) is 31.0 Å². The summed E-state index contributed by atoms with van der Waals surface area (Å²) >= 11 is 1.18. The number of ether oxygens (including phenoxy) is 2. The molecule has 0 saturated carbocycles. The van der Waals surface area contributed by atoms with Crippen molar-refractivity contribution in [3.63, 3.8) is 0 Å². The second-order valence-electron chi connectivity index (χ2n) is 4.49. The van der Waals surface area contributed by atoms with Gasteiger partial charge in [-0.3, -0.25) is 4.79 Å². The number of carbonyl (C=O) groups excluding carboxylic acids is 3. The third kappa shape index (κ3) is 3.72. The van der Waals surface area contributed by atoms with Gasteiger partial charge in [-0.1, -0.05) is 0 Å². The lowest BCUT2D eigenvalue weighted by atomic mass is 10.1. The van der Waals surface area contributed by atoms with E-state index >= 15 is 0 Å². The van der Waals surface area contributed by atoms with Crippen molar-refractivity contribution in [2.45, 2.75) is 6.92 Å². The first kappa shape index (κ1) is 16.6. The fraction of sp³-hybridized carbons (Fsp3) is 0.200. The van der Waals surface area contributed by atoms with E-state index < -0.39 is 17.8 Å². The molecule has 1 aromatic heterocycles. The Kier molecular flexibility index (Phi) is 5.07. The van der Waals surface area contributed by atoms with Crippen molar-refractivity contribution >= 4 is 34.9 Å². The minimum Gasteiger partial charge on any atom is -0.465 e. The van der Waals surface area contributed by atoms with E-state index in [0.717, 1.165) is 5.69 Å². The number of anilines is 1. The summed E-state index contributed by atoms with van der Waals surface area (Å²) in [6.45, 7) is 1.77.